The Kier molecular flexibility index (Phi) is 5.41. The summed E-state index contributed by atoms with van der Waals surface area (Å²) in [5.41, 5.74) is 1.20. The summed E-state index contributed by atoms with van der Waals surface area (Å²) in [4.78, 5) is 14.5. The van der Waals surface area contributed by atoms with Gasteiger partial charge in [-0.1, -0.05) is 19.3 Å². The molecule has 2 nitrogen and oxygen atoms in total. The van der Waals surface area contributed by atoms with Gasteiger partial charge in [0.05, 0.1) is 0 Å². The van der Waals surface area contributed by atoms with E-state index in [4.69, 9.17) is 11.6 Å². The highest BCUT2D eigenvalue weighted by molar-refractivity contribution is 6.18. The first kappa shape index (κ1) is 15.3. The van der Waals surface area contributed by atoms with Crippen molar-refractivity contribution in [2.45, 2.75) is 45.1 Å². The van der Waals surface area contributed by atoms with Crippen LogP contribution < -0.4 is 0 Å². The Bertz CT molecular complexity index is 451. The Hall–Kier alpha value is -1.09. The van der Waals surface area contributed by atoms with Crippen LogP contribution in [0, 0.1) is 12.7 Å². The lowest BCUT2D eigenvalue weighted by molar-refractivity contribution is 0.0649. The molecule has 0 saturated heterocycles. The van der Waals surface area contributed by atoms with Gasteiger partial charge in [0.25, 0.3) is 5.91 Å². The van der Waals surface area contributed by atoms with Crippen LogP contribution in [-0.2, 0) is 0 Å². The quantitative estimate of drug-likeness (QED) is 0.765. The molecule has 20 heavy (non-hydrogen) atoms. The average molecular weight is 298 g/mol. The first-order valence-corrected chi connectivity index (χ1v) is 7.79. The normalized spacial score (nSPS) is 16.1. The topological polar surface area (TPSA) is 20.3 Å². The van der Waals surface area contributed by atoms with E-state index in [2.05, 4.69) is 0 Å². The van der Waals surface area contributed by atoms with Crippen molar-refractivity contribution in [3.63, 3.8) is 0 Å². The molecule has 0 N–H and O–H groups in total. The van der Waals surface area contributed by atoms with Crippen LogP contribution in [0.3, 0.4) is 0 Å². The third-order valence-corrected chi connectivity index (χ3v) is 4.06. The SMILES string of the molecule is Cc1cc(F)cc(C(=O)N(CCCl)C2CCCCC2)c1. The van der Waals surface area contributed by atoms with Crippen molar-refractivity contribution in [1.82, 2.24) is 4.90 Å². The zero-order valence-corrected chi connectivity index (χ0v) is 12.6. The van der Waals surface area contributed by atoms with Crippen LogP contribution in [0.2, 0.25) is 0 Å². The molecule has 2 rings (SSSR count). The van der Waals surface area contributed by atoms with Crippen LogP contribution in [0.15, 0.2) is 18.2 Å². The predicted octanol–water partition coefficient (Wildman–Crippen LogP) is 4.15. The number of halogens is 2. The van der Waals surface area contributed by atoms with Crippen molar-refractivity contribution in [3.8, 4) is 0 Å². The van der Waals surface area contributed by atoms with Gasteiger partial charge in [0.1, 0.15) is 5.82 Å². The number of carbonyl (C=O) groups excluding carboxylic acids is 1. The fourth-order valence-electron chi connectivity index (χ4n) is 2.96. The summed E-state index contributed by atoms with van der Waals surface area (Å²) in [5, 5.41) is 0. The second-order valence-corrected chi connectivity index (χ2v) is 5.87. The highest BCUT2D eigenvalue weighted by Gasteiger charge is 2.26. The van der Waals surface area contributed by atoms with E-state index in [9.17, 15) is 9.18 Å². The smallest absolute Gasteiger partial charge is 0.254 e. The maximum absolute atomic E-state index is 13.5. The van der Waals surface area contributed by atoms with Crippen molar-refractivity contribution in [1.29, 1.82) is 0 Å². The van der Waals surface area contributed by atoms with Gasteiger partial charge >= 0.3 is 0 Å². The minimum Gasteiger partial charge on any atom is -0.334 e. The Morgan fingerprint density at radius 2 is 2.00 bits per heavy atom. The first-order chi connectivity index (χ1) is 9.61. The molecule has 1 amide bonds. The summed E-state index contributed by atoms with van der Waals surface area (Å²) in [7, 11) is 0. The molecule has 1 aliphatic carbocycles. The van der Waals surface area contributed by atoms with Crippen LogP contribution in [0.1, 0.15) is 48.0 Å². The van der Waals surface area contributed by atoms with E-state index >= 15 is 0 Å². The Labute approximate surface area is 124 Å². The summed E-state index contributed by atoms with van der Waals surface area (Å²) >= 11 is 5.84. The minimum absolute atomic E-state index is 0.0971. The summed E-state index contributed by atoms with van der Waals surface area (Å²) in [6.45, 7) is 2.33. The molecule has 0 spiro atoms. The van der Waals surface area contributed by atoms with Crippen molar-refractivity contribution in [2.75, 3.05) is 12.4 Å². The predicted molar refractivity (Wildman–Crippen MR) is 79.8 cm³/mol. The van der Waals surface area contributed by atoms with Crippen molar-refractivity contribution in [3.05, 3.63) is 35.1 Å². The molecule has 0 bridgehead atoms. The van der Waals surface area contributed by atoms with Gasteiger partial charge in [0, 0.05) is 24.0 Å². The van der Waals surface area contributed by atoms with Gasteiger partial charge < -0.3 is 4.90 Å². The molecule has 1 fully saturated rings. The molecule has 4 heteroatoms. The first-order valence-electron chi connectivity index (χ1n) is 7.26. The van der Waals surface area contributed by atoms with Gasteiger partial charge in [-0.15, -0.1) is 11.6 Å². The third kappa shape index (κ3) is 3.72. The van der Waals surface area contributed by atoms with E-state index in [1.807, 2.05) is 4.90 Å². The van der Waals surface area contributed by atoms with Gasteiger partial charge in [-0.05, 0) is 43.5 Å². The number of amides is 1. The van der Waals surface area contributed by atoms with Crippen molar-refractivity contribution >= 4 is 17.5 Å². The van der Waals surface area contributed by atoms with Crippen LogP contribution in [0.5, 0.6) is 0 Å². The largest absolute Gasteiger partial charge is 0.334 e. The minimum atomic E-state index is -0.359. The second kappa shape index (κ2) is 7.07. The molecular formula is C16H21ClFNO. The van der Waals surface area contributed by atoms with Gasteiger partial charge in [-0.2, -0.15) is 0 Å². The number of aryl methyl sites for hydroxylation is 1. The van der Waals surface area contributed by atoms with E-state index in [0.717, 1.165) is 31.2 Å². The summed E-state index contributed by atoms with van der Waals surface area (Å²) in [5.74, 6) is -0.0424. The number of hydrogen-bond donors (Lipinski definition) is 0. The van der Waals surface area contributed by atoms with E-state index < -0.39 is 0 Å². The lowest BCUT2D eigenvalue weighted by atomic mass is 9.93. The number of alkyl halides is 1. The monoisotopic (exact) mass is 297 g/mol. The Morgan fingerprint density at radius 1 is 1.30 bits per heavy atom. The van der Waals surface area contributed by atoms with Gasteiger partial charge in [0.2, 0.25) is 0 Å². The number of rotatable bonds is 4. The second-order valence-electron chi connectivity index (χ2n) is 5.50. The van der Waals surface area contributed by atoms with E-state index in [-0.39, 0.29) is 17.8 Å². The van der Waals surface area contributed by atoms with Crippen LogP contribution in [0.25, 0.3) is 0 Å². The molecule has 0 atom stereocenters. The molecule has 1 aliphatic rings. The maximum atomic E-state index is 13.5. The van der Waals surface area contributed by atoms with Gasteiger partial charge in [0.15, 0.2) is 0 Å². The molecule has 1 saturated carbocycles. The lowest BCUT2D eigenvalue weighted by Gasteiger charge is -2.34. The summed E-state index contributed by atoms with van der Waals surface area (Å²) < 4.78 is 13.5. The van der Waals surface area contributed by atoms with Gasteiger partial charge in [-0.25, -0.2) is 4.39 Å². The zero-order valence-electron chi connectivity index (χ0n) is 11.9. The Balaban J connectivity index is 2.20. The van der Waals surface area contributed by atoms with Crippen molar-refractivity contribution in [2.24, 2.45) is 0 Å². The molecule has 0 radical (unpaired) electrons. The number of hydrogen-bond acceptors (Lipinski definition) is 1. The molecular weight excluding hydrogens is 277 g/mol. The molecule has 1 aromatic carbocycles. The maximum Gasteiger partial charge on any atom is 0.254 e. The zero-order chi connectivity index (χ0) is 14.5. The molecule has 0 aromatic heterocycles. The van der Waals surface area contributed by atoms with E-state index in [1.54, 1.807) is 13.0 Å². The Morgan fingerprint density at radius 3 is 2.60 bits per heavy atom. The van der Waals surface area contributed by atoms with Gasteiger partial charge in [-0.3, -0.25) is 4.79 Å². The fraction of sp³-hybridized carbons (Fsp3) is 0.562. The lowest BCUT2D eigenvalue weighted by Crippen LogP contribution is -2.42. The highest BCUT2D eigenvalue weighted by Crippen LogP contribution is 2.24. The summed E-state index contributed by atoms with van der Waals surface area (Å²) in [6.07, 6.45) is 5.59. The molecule has 1 aromatic rings. The average Bonchev–Trinajstić information content (AvgIpc) is 2.44. The fourth-order valence-corrected chi connectivity index (χ4v) is 3.14. The highest BCUT2D eigenvalue weighted by atomic mass is 35.5. The standard InChI is InChI=1S/C16H21ClFNO/c1-12-9-13(11-14(18)10-12)16(20)19(8-7-17)15-5-3-2-4-6-15/h9-11,15H,2-8H2,1H3. The third-order valence-electron chi connectivity index (χ3n) is 3.89. The van der Waals surface area contributed by atoms with Crippen LogP contribution in [0.4, 0.5) is 4.39 Å². The van der Waals surface area contributed by atoms with Crippen molar-refractivity contribution < 1.29 is 9.18 Å². The summed E-state index contributed by atoms with van der Waals surface area (Å²) in [6, 6.07) is 4.75. The number of nitrogens with zero attached hydrogens (tertiary/aromatic N) is 1. The van der Waals surface area contributed by atoms with E-state index in [0.29, 0.717) is 18.0 Å². The molecule has 110 valence electrons. The van der Waals surface area contributed by atoms with Crippen LogP contribution in [-0.4, -0.2) is 29.3 Å². The van der Waals surface area contributed by atoms with E-state index in [1.165, 1.54) is 18.6 Å². The van der Waals surface area contributed by atoms with Crippen LogP contribution >= 0.6 is 11.6 Å². The molecule has 0 heterocycles. The molecule has 0 unspecified atom stereocenters. The number of carbonyl (C=O) groups is 1. The molecule has 0 aliphatic heterocycles. The number of benzene rings is 1.